The molecule has 6 heteroatoms. The molecule has 1 aromatic heterocycles. The lowest BCUT2D eigenvalue weighted by Crippen LogP contribution is -2.45. The lowest BCUT2D eigenvalue weighted by atomic mass is 9.87. The normalized spacial score (nSPS) is 16.7. The summed E-state index contributed by atoms with van der Waals surface area (Å²) in [7, 11) is 0. The van der Waals surface area contributed by atoms with Gasteiger partial charge in [-0.2, -0.15) is 0 Å². The van der Waals surface area contributed by atoms with Gasteiger partial charge < -0.3 is 19.7 Å². The molecule has 1 aliphatic heterocycles. The molecule has 1 unspecified atom stereocenters. The van der Waals surface area contributed by atoms with Gasteiger partial charge in [0, 0.05) is 13.1 Å². The fourth-order valence-electron chi connectivity index (χ4n) is 3.22. The van der Waals surface area contributed by atoms with Crippen molar-refractivity contribution in [2.45, 2.75) is 39.3 Å². The minimum atomic E-state index is -0.468. The fraction of sp³-hybridized carbons (Fsp3) is 0.474. The van der Waals surface area contributed by atoms with Gasteiger partial charge in [-0.25, -0.2) is 9.78 Å². The van der Waals surface area contributed by atoms with E-state index in [9.17, 15) is 9.90 Å². The van der Waals surface area contributed by atoms with Crippen LogP contribution < -0.4 is 5.32 Å². The maximum atomic E-state index is 12.3. The van der Waals surface area contributed by atoms with Crippen molar-refractivity contribution in [3.63, 3.8) is 0 Å². The molecule has 1 saturated heterocycles. The van der Waals surface area contributed by atoms with Crippen molar-refractivity contribution in [2.24, 2.45) is 5.92 Å². The number of aliphatic hydroxyl groups excluding tert-OH is 1. The topological polar surface area (TPSA) is 78.6 Å². The molecule has 1 atom stereocenters. The van der Waals surface area contributed by atoms with Crippen molar-refractivity contribution in [3.8, 4) is 0 Å². The third-order valence-electron chi connectivity index (χ3n) is 4.88. The van der Waals surface area contributed by atoms with Crippen LogP contribution in [0.5, 0.6) is 0 Å². The van der Waals surface area contributed by atoms with E-state index in [1.807, 2.05) is 44.2 Å². The zero-order chi connectivity index (χ0) is 17.8. The number of aromatic nitrogens is 1. The number of nitrogens with zero attached hydrogens (tertiary/aromatic N) is 2. The second-order valence-electron chi connectivity index (χ2n) is 6.59. The van der Waals surface area contributed by atoms with Crippen LogP contribution in [0.15, 0.2) is 34.7 Å². The molecule has 2 N–H and O–H groups in total. The number of aliphatic hydroxyl groups is 1. The maximum absolute atomic E-state index is 12.3. The first-order valence-corrected chi connectivity index (χ1v) is 8.73. The van der Waals surface area contributed by atoms with E-state index in [2.05, 4.69) is 10.3 Å². The van der Waals surface area contributed by atoms with Gasteiger partial charge in [-0.15, -0.1) is 0 Å². The number of aryl methyl sites for hydroxylation is 2. The van der Waals surface area contributed by atoms with E-state index in [0.717, 1.165) is 29.9 Å². The van der Waals surface area contributed by atoms with Gasteiger partial charge in [-0.1, -0.05) is 30.3 Å². The van der Waals surface area contributed by atoms with Gasteiger partial charge in [-0.05, 0) is 38.2 Å². The summed E-state index contributed by atoms with van der Waals surface area (Å²) in [6.07, 6.45) is 1.12. The first-order chi connectivity index (χ1) is 12.0. The van der Waals surface area contributed by atoms with Gasteiger partial charge >= 0.3 is 6.03 Å². The second kappa shape index (κ2) is 7.70. The lowest BCUT2D eigenvalue weighted by molar-refractivity contribution is 0.0664. The first-order valence-electron chi connectivity index (χ1n) is 8.73. The van der Waals surface area contributed by atoms with Crippen molar-refractivity contribution in [2.75, 3.05) is 13.1 Å². The average Bonchev–Trinajstić information content (AvgIpc) is 2.98. The van der Waals surface area contributed by atoms with E-state index < -0.39 is 6.10 Å². The molecule has 6 nitrogen and oxygen atoms in total. The zero-order valence-corrected chi connectivity index (χ0v) is 14.7. The summed E-state index contributed by atoms with van der Waals surface area (Å²) in [6, 6.07) is 9.61. The van der Waals surface area contributed by atoms with Gasteiger partial charge in [-0.3, -0.25) is 0 Å². The summed E-state index contributed by atoms with van der Waals surface area (Å²) < 4.78 is 5.47. The highest BCUT2D eigenvalue weighted by molar-refractivity contribution is 5.74. The maximum Gasteiger partial charge on any atom is 0.317 e. The highest BCUT2D eigenvalue weighted by Crippen LogP contribution is 2.30. The van der Waals surface area contributed by atoms with Crippen molar-refractivity contribution >= 4 is 6.03 Å². The Kier molecular flexibility index (Phi) is 5.38. The van der Waals surface area contributed by atoms with Crippen LogP contribution in [0.4, 0.5) is 4.79 Å². The number of benzene rings is 1. The Bertz CT molecular complexity index is 686. The molecule has 0 saturated carbocycles. The van der Waals surface area contributed by atoms with Gasteiger partial charge in [0.25, 0.3) is 0 Å². The Morgan fingerprint density at radius 1 is 1.32 bits per heavy atom. The van der Waals surface area contributed by atoms with E-state index in [1.165, 1.54) is 0 Å². The summed E-state index contributed by atoms with van der Waals surface area (Å²) >= 11 is 0. The van der Waals surface area contributed by atoms with Crippen LogP contribution in [-0.2, 0) is 6.54 Å². The van der Waals surface area contributed by atoms with E-state index >= 15 is 0 Å². The highest BCUT2D eigenvalue weighted by atomic mass is 16.4. The molecule has 2 amide bonds. The van der Waals surface area contributed by atoms with Crippen LogP contribution >= 0.6 is 0 Å². The molecule has 1 aromatic carbocycles. The standard InChI is InChI=1S/C19H25N3O3/c1-13-14(2)25-17(21-13)12-20-19(24)22-10-8-16(9-11-22)18(23)15-6-4-3-5-7-15/h3-7,16,18,23H,8-12H2,1-2H3,(H,20,24). The third-order valence-corrected chi connectivity index (χ3v) is 4.88. The molecule has 1 aliphatic rings. The number of oxazole rings is 1. The van der Waals surface area contributed by atoms with Crippen LogP contribution in [-0.4, -0.2) is 34.1 Å². The molecule has 25 heavy (non-hydrogen) atoms. The zero-order valence-electron chi connectivity index (χ0n) is 14.7. The van der Waals surface area contributed by atoms with Gasteiger partial charge in [0.05, 0.1) is 18.3 Å². The van der Waals surface area contributed by atoms with Crippen LogP contribution in [0.25, 0.3) is 0 Å². The van der Waals surface area contributed by atoms with Gasteiger partial charge in [0.1, 0.15) is 5.76 Å². The summed E-state index contributed by atoms with van der Waals surface area (Å²) in [5.74, 6) is 1.49. The monoisotopic (exact) mass is 343 g/mol. The number of carbonyl (C=O) groups is 1. The van der Waals surface area contributed by atoms with E-state index in [1.54, 1.807) is 4.90 Å². The number of rotatable bonds is 4. The fourth-order valence-corrected chi connectivity index (χ4v) is 3.22. The van der Waals surface area contributed by atoms with E-state index in [-0.39, 0.29) is 11.9 Å². The van der Waals surface area contributed by atoms with E-state index in [0.29, 0.717) is 25.5 Å². The molecule has 1 fully saturated rings. The number of piperidine rings is 1. The number of likely N-dealkylation sites (tertiary alicyclic amines) is 1. The number of amides is 2. The average molecular weight is 343 g/mol. The second-order valence-corrected chi connectivity index (χ2v) is 6.59. The molecule has 0 aliphatic carbocycles. The molecule has 0 spiro atoms. The first kappa shape index (κ1) is 17.5. The largest absolute Gasteiger partial charge is 0.444 e. The Morgan fingerprint density at radius 3 is 2.60 bits per heavy atom. The predicted molar refractivity (Wildman–Crippen MR) is 93.9 cm³/mol. The molecule has 0 radical (unpaired) electrons. The summed E-state index contributed by atoms with van der Waals surface area (Å²) in [6.45, 7) is 5.32. The Hall–Kier alpha value is -2.34. The molecular weight excluding hydrogens is 318 g/mol. The molecule has 0 bridgehead atoms. The number of carbonyl (C=O) groups excluding carboxylic acids is 1. The number of hydrogen-bond acceptors (Lipinski definition) is 4. The molecule has 2 aromatic rings. The summed E-state index contributed by atoms with van der Waals surface area (Å²) in [5, 5.41) is 13.4. The van der Waals surface area contributed by atoms with Crippen LogP contribution in [0.1, 0.15) is 41.9 Å². The summed E-state index contributed by atoms with van der Waals surface area (Å²) in [5.41, 5.74) is 1.79. The highest BCUT2D eigenvalue weighted by Gasteiger charge is 2.28. The number of hydrogen-bond donors (Lipinski definition) is 2. The Labute approximate surface area is 147 Å². The van der Waals surface area contributed by atoms with Crippen molar-refractivity contribution in [1.82, 2.24) is 15.2 Å². The number of nitrogens with one attached hydrogen (secondary N) is 1. The van der Waals surface area contributed by atoms with Crippen molar-refractivity contribution in [1.29, 1.82) is 0 Å². The Balaban J connectivity index is 1.47. The number of urea groups is 1. The molecule has 134 valence electrons. The Morgan fingerprint density at radius 2 is 2.00 bits per heavy atom. The van der Waals surface area contributed by atoms with Crippen LogP contribution in [0.2, 0.25) is 0 Å². The molecular formula is C19H25N3O3. The van der Waals surface area contributed by atoms with Gasteiger partial charge in [0.2, 0.25) is 5.89 Å². The quantitative estimate of drug-likeness (QED) is 0.895. The lowest BCUT2D eigenvalue weighted by Gasteiger charge is -2.34. The molecule has 3 rings (SSSR count). The van der Waals surface area contributed by atoms with E-state index in [4.69, 9.17) is 4.42 Å². The minimum Gasteiger partial charge on any atom is -0.444 e. The van der Waals surface area contributed by atoms with Crippen molar-refractivity contribution in [3.05, 3.63) is 53.2 Å². The molecule has 2 heterocycles. The SMILES string of the molecule is Cc1nc(CNC(=O)N2CCC(C(O)c3ccccc3)CC2)oc1C. The third kappa shape index (κ3) is 4.20. The predicted octanol–water partition coefficient (Wildman–Crippen LogP) is 2.95. The van der Waals surface area contributed by atoms with Crippen LogP contribution in [0.3, 0.4) is 0 Å². The smallest absolute Gasteiger partial charge is 0.317 e. The van der Waals surface area contributed by atoms with Gasteiger partial charge in [0.15, 0.2) is 0 Å². The van der Waals surface area contributed by atoms with Crippen LogP contribution in [0, 0.1) is 19.8 Å². The summed E-state index contributed by atoms with van der Waals surface area (Å²) in [4.78, 5) is 18.3. The van der Waals surface area contributed by atoms with Crippen molar-refractivity contribution < 1.29 is 14.3 Å². The minimum absolute atomic E-state index is 0.110.